The summed E-state index contributed by atoms with van der Waals surface area (Å²) < 4.78 is 0. The van der Waals surface area contributed by atoms with Gasteiger partial charge >= 0.3 is 6.03 Å². The summed E-state index contributed by atoms with van der Waals surface area (Å²) in [5.74, 6) is 0.0353. The fraction of sp³-hybridized carbons (Fsp3) is 0.714. The molecule has 0 aliphatic heterocycles. The van der Waals surface area contributed by atoms with Crippen molar-refractivity contribution >= 4 is 17.4 Å². The van der Waals surface area contributed by atoms with Crippen molar-refractivity contribution in [1.82, 2.24) is 15.6 Å². The number of nitrogens with one attached hydrogen (secondary N) is 2. The van der Waals surface area contributed by atoms with Crippen LogP contribution in [0.3, 0.4) is 0 Å². The zero-order valence-corrected chi connectivity index (χ0v) is 13.7. The molecule has 0 saturated heterocycles. The van der Waals surface area contributed by atoms with Gasteiger partial charge in [-0.25, -0.2) is 9.78 Å². The fourth-order valence-electron chi connectivity index (χ4n) is 1.45. The van der Waals surface area contributed by atoms with Crippen LogP contribution in [0.4, 0.5) is 4.79 Å². The molecule has 2 amide bonds. The van der Waals surface area contributed by atoms with Crippen molar-refractivity contribution in [1.29, 1.82) is 0 Å². The molecule has 5 nitrogen and oxygen atoms in total. The minimum Gasteiger partial charge on any atom is -0.396 e. The summed E-state index contributed by atoms with van der Waals surface area (Å²) >= 11 is 1.55. The second-order valence-electron chi connectivity index (χ2n) is 6.15. The van der Waals surface area contributed by atoms with Gasteiger partial charge < -0.3 is 15.7 Å². The first-order valence-corrected chi connectivity index (χ1v) is 7.72. The normalized spacial score (nSPS) is 14.7. The van der Waals surface area contributed by atoms with Gasteiger partial charge in [-0.3, -0.25) is 0 Å². The molecule has 0 bridgehead atoms. The lowest BCUT2D eigenvalue weighted by molar-refractivity contribution is 0.200. The van der Waals surface area contributed by atoms with Gasteiger partial charge in [0, 0.05) is 23.4 Å². The molecule has 0 aliphatic carbocycles. The van der Waals surface area contributed by atoms with Crippen LogP contribution in [0.1, 0.15) is 45.3 Å². The van der Waals surface area contributed by atoms with E-state index in [1.807, 2.05) is 19.2 Å². The summed E-state index contributed by atoms with van der Waals surface area (Å²) in [6, 6.07) is -0.299. The number of carbonyl (C=O) groups excluding carboxylic acids is 1. The number of aromatic nitrogens is 1. The Morgan fingerprint density at radius 1 is 1.45 bits per heavy atom. The molecule has 3 N–H and O–H groups in total. The number of thiazole rings is 1. The first-order valence-electron chi connectivity index (χ1n) is 6.84. The molecule has 2 atom stereocenters. The van der Waals surface area contributed by atoms with Gasteiger partial charge in [-0.05, 0) is 12.8 Å². The molecule has 6 heteroatoms. The molecule has 114 valence electrons. The topological polar surface area (TPSA) is 74.2 Å². The summed E-state index contributed by atoms with van der Waals surface area (Å²) in [4.78, 5) is 16.2. The van der Waals surface area contributed by atoms with Crippen molar-refractivity contribution in [2.75, 3.05) is 6.61 Å². The maximum absolute atomic E-state index is 11.7. The lowest BCUT2D eigenvalue weighted by atomic mass is 9.93. The first-order chi connectivity index (χ1) is 9.24. The van der Waals surface area contributed by atoms with Crippen LogP contribution in [-0.2, 0) is 12.0 Å². The summed E-state index contributed by atoms with van der Waals surface area (Å²) in [6.07, 6.45) is 0. The number of hydrogen-bond donors (Lipinski definition) is 3. The molecule has 2 unspecified atom stereocenters. The SMILES string of the molecule is CC(CO)C(C)NC(=O)NCc1nc(C(C)(C)C)cs1. The molecule has 1 aromatic heterocycles. The van der Waals surface area contributed by atoms with Gasteiger partial charge in [0.2, 0.25) is 0 Å². The molecule has 1 aromatic rings. The molecule has 0 spiro atoms. The standard InChI is InChI=1S/C14H25N3O2S/c1-9(7-18)10(2)16-13(19)15-6-12-17-11(8-20-12)14(3,4)5/h8-10,18H,6-7H2,1-5H3,(H2,15,16,19). The van der Waals surface area contributed by atoms with Crippen molar-refractivity contribution in [3.8, 4) is 0 Å². The van der Waals surface area contributed by atoms with Crippen LogP contribution in [0.2, 0.25) is 0 Å². The van der Waals surface area contributed by atoms with E-state index < -0.39 is 0 Å². The van der Waals surface area contributed by atoms with Gasteiger partial charge in [-0.1, -0.05) is 27.7 Å². The van der Waals surface area contributed by atoms with Crippen molar-refractivity contribution in [3.63, 3.8) is 0 Å². The Hall–Kier alpha value is -1.14. The Labute approximate surface area is 124 Å². The zero-order valence-electron chi connectivity index (χ0n) is 12.9. The Balaban J connectivity index is 2.43. The third kappa shape index (κ3) is 5.09. The second kappa shape index (κ2) is 7.04. The zero-order chi connectivity index (χ0) is 15.3. The van der Waals surface area contributed by atoms with E-state index in [9.17, 15) is 4.79 Å². The van der Waals surface area contributed by atoms with E-state index in [4.69, 9.17) is 5.11 Å². The van der Waals surface area contributed by atoms with Crippen LogP contribution in [-0.4, -0.2) is 28.8 Å². The molecular weight excluding hydrogens is 274 g/mol. The predicted molar refractivity (Wildman–Crippen MR) is 81.9 cm³/mol. The lowest BCUT2D eigenvalue weighted by Gasteiger charge is -2.19. The molecule has 0 fully saturated rings. The summed E-state index contributed by atoms with van der Waals surface area (Å²) in [6.45, 7) is 10.6. The van der Waals surface area contributed by atoms with E-state index in [0.717, 1.165) is 10.7 Å². The predicted octanol–water partition coefficient (Wildman–Crippen LogP) is 2.26. The van der Waals surface area contributed by atoms with E-state index in [2.05, 4.69) is 36.4 Å². The number of urea groups is 1. The van der Waals surface area contributed by atoms with Gasteiger partial charge in [0.15, 0.2) is 0 Å². The van der Waals surface area contributed by atoms with Crippen LogP contribution in [0.15, 0.2) is 5.38 Å². The van der Waals surface area contributed by atoms with Crippen LogP contribution >= 0.6 is 11.3 Å². The number of amides is 2. The third-order valence-corrected chi connectivity index (χ3v) is 4.07. The van der Waals surface area contributed by atoms with Crippen molar-refractivity contribution in [3.05, 3.63) is 16.1 Å². The molecule has 0 saturated carbocycles. The summed E-state index contributed by atoms with van der Waals surface area (Å²) in [7, 11) is 0. The summed E-state index contributed by atoms with van der Waals surface area (Å²) in [5, 5.41) is 17.5. The Morgan fingerprint density at radius 2 is 2.10 bits per heavy atom. The molecule has 0 aliphatic rings. The molecular formula is C14H25N3O2S. The van der Waals surface area contributed by atoms with Crippen LogP contribution in [0, 0.1) is 5.92 Å². The van der Waals surface area contributed by atoms with Gasteiger partial charge in [-0.15, -0.1) is 11.3 Å². The van der Waals surface area contributed by atoms with Gasteiger partial charge in [0.1, 0.15) is 5.01 Å². The van der Waals surface area contributed by atoms with E-state index in [-0.39, 0.29) is 30.0 Å². The van der Waals surface area contributed by atoms with Crippen LogP contribution in [0.5, 0.6) is 0 Å². The van der Waals surface area contributed by atoms with Crippen LogP contribution in [0.25, 0.3) is 0 Å². The Kier molecular flexibility index (Phi) is 5.95. The number of rotatable bonds is 5. The highest BCUT2D eigenvalue weighted by atomic mass is 32.1. The van der Waals surface area contributed by atoms with Crippen molar-refractivity contribution in [2.24, 2.45) is 5.92 Å². The number of hydrogen-bond acceptors (Lipinski definition) is 4. The van der Waals surface area contributed by atoms with E-state index in [0.29, 0.717) is 6.54 Å². The first kappa shape index (κ1) is 16.9. The molecule has 0 radical (unpaired) electrons. The quantitative estimate of drug-likeness (QED) is 0.780. The number of aliphatic hydroxyl groups excluding tert-OH is 1. The highest BCUT2D eigenvalue weighted by molar-refractivity contribution is 7.09. The van der Waals surface area contributed by atoms with Crippen LogP contribution < -0.4 is 10.6 Å². The molecule has 1 rings (SSSR count). The minimum absolute atomic E-state index is 0.0298. The maximum Gasteiger partial charge on any atom is 0.315 e. The van der Waals surface area contributed by atoms with Gasteiger partial charge in [0.05, 0.1) is 12.2 Å². The lowest BCUT2D eigenvalue weighted by Crippen LogP contribution is -2.43. The number of carbonyl (C=O) groups is 1. The highest BCUT2D eigenvalue weighted by Gasteiger charge is 2.18. The molecule has 20 heavy (non-hydrogen) atoms. The molecule has 1 heterocycles. The third-order valence-electron chi connectivity index (χ3n) is 3.22. The highest BCUT2D eigenvalue weighted by Crippen LogP contribution is 2.23. The van der Waals surface area contributed by atoms with E-state index in [1.165, 1.54) is 0 Å². The summed E-state index contributed by atoms with van der Waals surface area (Å²) in [5.41, 5.74) is 1.07. The monoisotopic (exact) mass is 299 g/mol. The largest absolute Gasteiger partial charge is 0.396 e. The number of aliphatic hydroxyl groups is 1. The Bertz CT molecular complexity index is 440. The smallest absolute Gasteiger partial charge is 0.315 e. The average Bonchev–Trinajstić information content (AvgIpc) is 2.83. The van der Waals surface area contributed by atoms with E-state index in [1.54, 1.807) is 11.3 Å². The maximum atomic E-state index is 11.7. The van der Waals surface area contributed by atoms with Crippen molar-refractivity contribution < 1.29 is 9.90 Å². The average molecular weight is 299 g/mol. The van der Waals surface area contributed by atoms with Gasteiger partial charge in [-0.2, -0.15) is 0 Å². The number of nitrogens with zero attached hydrogens (tertiary/aromatic N) is 1. The van der Waals surface area contributed by atoms with Crippen molar-refractivity contribution in [2.45, 2.75) is 52.6 Å². The second-order valence-corrected chi connectivity index (χ2v) is 7.09. The fourth-order valence-corrected chi connectivity index (χ4v) is 2.41. The Morgan fingerprint density at radius 3 is 2.60 bits per heavy atom. The minimum atomic E-state index is -0.231. The van der Waals surface area contributed by atoms with Gasteiger partial charge in [0.25, 0.3) is 0 Å². The van der Waals surface area contributed by atoms with E-state index >= 15 is 0 Å². The molecule has 0 aromatic carbocycles.